The predicted molar refractivity (Wildman–Crippen MR) is 70.6 cm³/mol. The van der Waals surface area contributed by atoms with E-state index in [2.05, 4.69) is 10.2 Å². The average molecular weight is 243 g/mol. The summed E-state index contributed by atoms with van der Waals surface area (Å²) >= 11 is 0. The van der Waals surface area contributed by atoms with Crippen molar-refractivity contribution < 1.29 is 4.74 Å². The summed E-state index contributed by atoms with van der Waals surface area (Å²) in [6.45, 7) is 0. The third-order valence-electron chi connectivity index (χ3n) is 3.55. The standard InChI is InChI=1S/C14H17N3O/c1-18-11-5-2-9(3-6-11)14-12-8-10(15)4-7-13(12)16-17-14/h2-3,5-6,10H,4,7-8,15H2,1H3,(H,16,17)/t10-/m0/s1. The quantitative estimate of drug-likeness (QED) is 0.846. The second-order valence-corrected chi connectivity index (χ2v) is 4.76. The molecule has 1 aromatic carbocycles. The maximum absolute atomic E-state index is 6.04. The fraction of sp³-hybridized carbons (Fsp3) is 0.357. The molecule has 0 amide bonds. The molecular weight excluding hydrogens is 226 g/mol. The Hall–Kier alpha value is -1.81. The first kappa shape index (κ1) is 11.3. The molecule has 0 saturated heterocycles. The molecule has 3 N–H and O–H groups in total. The van der Waals surface area contributed by atoms with E-state index >= 15 is 0 Å². The van der Waals surface area contributed by atoms with Gasteiger partial charge in [-0.3, -0.25) is 5.10 Å². The highest BCUT2D eigenvalue weighted by atomic mass is 16.5. The topological polar surface area (TPSA) is 63.9 Å². The molecule has 1 atom stereocenters. The summed E-state index contributed by atoms with van der Waals surface area (Å²) in [6, 6.07) is 8.25. The van der Waals surface area contributed by atoms with Crippen LogP contribution in [-0.4, -0.2) is 23.3 Å². The molecule has 4 nitrogen and oxygen atoms in total. The highest BCUT2D eigenvalue weighted by molar-refractivity contribution is 5.65. The number of nitrogens with two attached hydrogens (primary N) is 1. The lowest BCUT2D eigenvalue weighted by Gasteiger charge is -2.18. The fourth-order valence-electron chi connectivity index (χ4n) is 2.51. The molecule has 1 aromatic heterocycles. The first-order valence-electron chi connectivity index (χ1n) is 6.24. The summed E-state index contributed by atoms with van der Waals surface area (Å²) in [4.78, 5) is 0. The van der Waals surface area contributed by atoms with Gasteiger partial charge in [0.1, 0.15) is 5.75 Å². The van der Waals surface area contributed by atoms with E-state index in [1.54, 1.807) is 7.11 Å². The minimum Gasteiger partial charge on any atom is -0.497 e. The first-order valence-corrected chi connectivity index (χ1v) is 6.24. The van der Waals surface area contributed by atoms with Crippen LogP contribution in [-0.2, 0) is 12.8 Å². The van der Waals surface area contributed by atoms with Gasteiger partial charge in [0.2, 0.25) is 0 Å². The number of H-pyrrole nitrogens is 1. The van der Waals surface area contributed by atoms with Crippen LogP contribution in [0, 0.1) is 0 Å². The number of fused-ring (bicyclic) bond motifs is 1. The molecule has 0 fully saturated rings. The van der Waals surface area contributed by atoms with Crippen molar-refractivity contribution in [2.24, 2.45) is 5.73 Å². The highest BCUT2D eigenvalue weighted by Crippen LogP contribution is 2.29. The highest BCUT2D eigenvalue weighted by Gasteiger charge is 2.21. The van der Waals surface area contributed by atoms with E-state index in [0.29, 0.717) is 0 Å². The van der Waals surface area contributed by atoms with E-state index in [1.807, 2.05) is 24.3 Å². The molecule has 1 heterocycles. The molecule has 1 aliphatic carbocycles. The summed E-state index contributed by atoms with van der Waals surface area (Å²) in [5, 5.41) is 7.57. The van der Waals surface area contributed by atoms with Gasteiger partial charge in [-0.15, -0.1) is 0 Å². The number of nitrogens with zero attached hydrogens (tertiary/aromatic N) is 1. The van der Waals surface area contributed by atoms with Gasteiger partial charge in [0.25, 0.3) is 0 Å². The number of benzene rings is 1. The second kappa shape index (κ2) is 4.46. The van der Waals surface area contributed by atoms with Crippen LogP contribution in [0.2, 0.25) is 0 Å². The fourth-order valence-corrected chi connectivity index (χ4v) is 2.51. The normalized spacial score (nSPS) is 18.4. The van der Waals surface area contributed by atoms with Gasteiger partial charge in [-0.2, -0.15) is 5.10 Å². The Morgan fingerprint density at radius 3 is 2.83 bits per heavy atom. The van der Waals surface area contributed by atoms with Crippen molar-refractivity contribution in [2.45, 2.75) is 25.3 Å². The lowest BCUT2D eigenvalue weighted by molar-refractivity contribution is 0.415. The van der Waals surface area contributed by atoms with Crippen molar-refractivity contribution in [2.75, 3.05) is 7.11 Å². The van der Waals surface area contributed by atoms with Gasteiger partial charge in [-0.1, -0.05) is 0 Å². The summed E-state index contributed by atoms with van der Waals surface area (Å²) in [6.07, 6.45) is 2.95. The molecule has 0 spiro atoms. The molecule has 1 aliphatic rings. The molecule has 4 heteroatoms. The van der Waals surface area contributed by atoms with E-state index in [1.165, 1.54) is 11.3 Å². The van der Waals surface area contributed by atoms with Crippen LogP contribution in [0.1, 0.15) is 17.7 Å². The zero-order valence-corrected chi connectivity index (χ0v) is 10.4. The Balaban J connectivity index is 1.98. The largest absolute Gasteiger partial charge is 0.497 e. The van der Waals surface area contributed by atoms with Crippen LogP contribution >= 0.6 is 0 Å². The molecule has 0 radical (unpaired) electrons. The van der Waals surface area contributed by atoms with E-state index < -0.39 is 0 Å². The zero-order valence-electron chi connectivity index (χ0n) is 10.4. The van der Waals surface area contributed by atoms with Gasteiger partial charge in [0, 0.05) is 22.9 Å². The molecule has 0 aliphatic heterocycles. The number of aromatic nitrogens is 2. The summed E-state index contributed by atoms with van der Waals surface area (Å²) in [7, 11) is 1.67. The van der Waals surface area contributed by atoms with Crippen LogP contribution in [0.3, 0.4) is 0 Å². The number of methoxy groups -OCH3 is 1. The molecule has 94 valence electrons. The SMILES string of the molecule is COc1ccc(-c2n[nH]c3c2C[C@@H](N)CC3)cc1. The number of aryl methyl sites for hydroxylation is 1. The van der Waals surface area contributed by atoms with E-state index in [9.17, 15) is 0 Å². The number of ether oxygens (including phenoxy) is 1. The smallest absolute Gasteiger partial charge is 0.118 e. The van der Waals surface area contributed by atoms with Crippen LogP contribution in [0.4, 0.5) is 0 Å². The third-order valence-corrected chi connectivity index (χ3v) is 3.55. The lowest BCUT2D eigenvalue weighted by atomic mass is 9.90. The van der Waals surface area contributed by atoms with Crippen molar-refractivity contribution in [3.8, 4) is 17.0 Å². The third kappa shape index (κ3) is 1.88. The number of rotatable bonds is 2. The van der Waals surface area contributed by atoms with Gasteiger partial charge in [-0.25, -0.2) is 0 Å². The van der Waals surface area contributed by atoms with Crippen molar-refractivity contribution in [1.82, 2.24) is 10.2 Å². The maximum Gasteiger partial charge on any atom is 0.118 e. The van der Waals surface area contributed by atoms with Crippen LogP contribution in [0.5, 0.6) is 5.75 Å². The van der Waals surface area contributed by atoms with Gasteiger partial charge in [0.05, 0.1) is 12.8 Å². The van der Waals surface area contributed by atoms with Crippen LogP contribution in [0.25, 0.3) is 11.3 Å². The summed E-state index contributed by atoms with van der Waals surface area (Å²) < 4.78 is 5.17. The van der Waals surface area contributed by atoms with E-state index in [4.69, 9.17) is 10.5 Å². The van der Waals surface area contributed by atoms with E-state index in [0.717, 1.165) is 36.3 Å². The van der Waals surface area contributed by atoms with Crippen LogP contribution in [0.15, 0.2) is 24.3 Å². The summed E-state index contributed by atoms with van der Waals surface area (Å²) in [5.41, 5.74) is 10.7. The minimum atomic E-state index is 0.257. The van der Waals surface area contributed by atoms with Gasteiger partial charge >= 0.3 is 0 Å². The summed E-state index contributed by atoms with van der Waals surface area (Å²) in [5.74, 6) is 0.861. The molecule has 3 rings (SSSR count). The van der Waals surface area contributed by atoms with Crippen molar-refractivity contribution in [3.63, 3.8) is 0 Å². The van der Waals surface area contributed by atoms with Gasteiger partial charge in [0.15, 0.2) is 0 Å². The van der Waals surface area contributed by atoms with Crippen molar-refractivity contribution in [3.05, 3.63) is 35.5 Å². The molecule has 0 bridgehead atoms. The molecule has 0 saturated carbocycles. The minimum absolute atomic E-state index is 0.257. The number of hydrogen-bond acceptors (Lipinski definition) is 3. The van der Waals surface area contributed by atoms with Crippen molar-refractivity contribution >= 4 is 0 Å². The molecule has 2 aromatic rings. The Kier molecular flexibility index (Phi) is 2.80. The molecule has 18 heavy (non-hydrogen) atoms. The number of hydrogen-bond donors (Lipinski definition) is 2. The monoisotopic (exact) mass is 243 g/mol. The second-order valence-electron chi connectivity index (χ2n) is 4.76. The molecule has 0 unspecified atom stereocenters. The predicted octanol–water partition coefficient (Wildman–Crippen LogP) is 1.90. The van der Waals surface area contributed by atoms with Crippen LogP contribution < -0.4 is 10.5 Å². The van der Waals surface area contributed by atoms with Crippen molar-refractivity contribution in [1.29, 1.82) is 0 Å². The Labute approximate surface area is 106 Å². The average Bonchev–Trinajstić information content (AvgIpc) is 2.82. The van der Waals surface area contributed by atoms with Gasteiger partial charge < -0.3 is 10.5 Å². The Morgan fingerprint density at radius 1 is 1.33 bits per heavy atom. The lowest BCUT2D eigenvalue weighted by Crippen LogP contribution is -2.27. The number of aromatic amines is 1. The van der Waals surface area contributed by atoms with E-state index in [-0.39, 0.29) is 6.04 Å². The Morgan fingerprint density at radius 2 is 2.11 bits per heavy atom. The number of nitrogens with one attached hydrogen (secondary N) is 1. The zero-order chi connectivity index (χ0) is 12.5. The molecular formula is C14H17N3O. The Bertz CT molecular complexity index is 545. The first-order chi connectivity index (χ1) is 8.78. The van der Waals surface area contributed by atoms with Gasteiger partial charge in [-0.05, 0) is 43.5 Å². The maximum atomic E-state index is 6.04.